The second-order valence-electron chi connectivity index (χ2n) is 5.89. The molecule has 1 aromatic rings. The fourth-order valence-corrected chi connectivity index (χ4v) is 2.11. The molecular weight excluding hydrogens is 240 g/mol. The molecular formula is C15H26N2O2. The molecule has 0 fully saturated rings. The van der Waals surface area contributed by atoms with Crippen LogP contribution in [-0.4, -0.2) is 14.2 Å². The summed E-state index contributed by atoms with van der Waals surface area (Å²) in [4.78, 5) is 0. The molecule has 19 heavy (non-hydrogen) atoms. The van der Waals surface area contributed by atoms with Crippen molar-refractivity contribution in [2.45, 2.75) is 39.7 Å². The highest BCUT2D eigenvalue weighted by atomic mass is 16.5. The summed E-state index contributed by atoms with van der Waals surface area (Å²) in [5.74, 6) is 7.32. The van der Waals surface area contributed by atoms with Crippen molar-refractivity contribution < 1.29 is 9.47 Å². The highest BCUT2D eigenvalue weighted by Crippen LogP contribution is 2.37. The van der Waals surface area contributed by atoms with Gasteiger partial charge in [-0.25, -0.2) is 0 Å². The molecule has 0 saturated carbocycles. The van der Waals surface area contributed by atoms with E-state index in [2.05, 4.69) is 26.2 Å². The summed E-state index contributed by atoms with van der Waals surface area (Å²) in [6.07, 6.45) is 1.99. The minimum absolute atomic E-state index is 0.0188. The van der Waals surface area contributed by atoms with Crippen molar-refractivity contribution in [2.75, 3.05) is 14.2 Å². The zero-order valence-corrected chi connectivity index (χ0v) is 12.6. The number of hydrazine groups is 1. The largest absolute Gasteiger partial charge is 0.496 e. The summed E-state index contributed by atoms with van der Waals surface area (Å²) in [7, 11) is 3.32. The number of benzene rings is 1. The first kappa shape index (κ1) is 15.8. The number of ether oxygens (including phenoxy) is 2. The second kappa shape index (κ2) is 6.78. The predicted octanol–water partition coefficient (Wildman–Crippen LogP) is 3.03. The van der Waals surface area contributed by atoms with Gasteiger partial charge in [-0.15, -0.1) is 0 Å². The van der Waals surface area contributed by atoms with E-state index in [0.717, 1.165) is 29.9 Å². The van der Waals surface area contributed by atoms with E-state index in [9.17, 15) is 0 Å². The van der Waals surface area contributed by atoms with Crippen molar-refractivity contribution in [3.63, 3.8) is 0 Å². The third kappa shape index (κ3) is 4.40. The van der Waals surface area contributed by atoms with Gasteiger partial charge in [-0.05, 0) is 30.4 Å². The standard InChI is InChI=1S/C15H26N2O2/c1-15(2,3)10-9-11(17-16)14-12(18-4)7-6-8-13(14)19-5/h6-8,11,17H,9-10,16H2,1-5H3. The highest BCUT2D eigenvalue weighted by molar-refractivity contribution is 5.46. The Hall–Kier alpha value is -1.26. The molecule has 0 aliphatic rings. The maximum atomic E-state index is 5.72. The van der Waals surface area contributed by atoms with Crippen LogP contribution >= 0.6 is 0 Å². The molecule has 0 spiro atoms. The van der Waals surface area contributed by atoms with Crippen molar-refractivity contribution in [1.29, 1.82) is 0 Å². The van der Waals surface area contributed by atoms with Gasteiger partial charge in [0.2, 0.25) is 0 Å². The molecule has 108 valence electrons. The van der Waals surface area contributed by atoms with E-state index >= 15 is 0 Å². The second-order valence-corrected chi connectivity index (χ2v) is 5.89. The molecule has 0 heterocycles. The average molecular weight is 266 g/mol. The number of hydrogen-bond donors (Lipinski definition) is 2. The molecule has 1 rings (SSSR count). The summed E-state index contributed by atoms with van der Waals surface area (Å²) in [5, 5.41) is 0. The Morgan fingerprint density at radius 1 is 1.16 bits per heavy atom. The lowest BCUT2D eigenvalue weighted by atomic mass is 9.87. The van der Waals surface area contributed by atoms with E-state index in [4.69, 9.17) is 15.3 Å². The number of hydrogen-bond acceptors (Lipinski definition) is 4. The minimum atomic E-state index is 0.0188. The van der Waals surface area contributed by atoms with Gasteiger partial charge in [0, 0.05) is 0 Å². The molecule has 4 heteroatoms. The van der Waals surface area contributed by atoms with Crippen molar-refractivity contribution in [3.8, 4) is 11.5 Å². The molecule has 1 atom stereocenters. The van der Waals surface area contributed by atoms with E-state index in [-0.39, 0.29) is 11.5 Å². The van der Waals surface area contributed by atoms with Crippen LogP contribution in [0.15, 0.2) is 18.2 Å². The number of rotatable bonds is 6. The Morgan fingerprint density at radius 3 is 2.05 bits per heavy atom. The van der Waals surface area contributed by atoms with Gasteiger partial charge in [0.25, 0.3) is 0 Å². The van der Waals surface area contributed by atoms with Gasteiger partial charge in [-0.2, -0.15) is 0 Å². The Balaban J connectivity index is 3.02. The zero-order valence-electron chi connectivity index (χ0n) is 12.6. The third-order valence-corrected chi connectivity index (χ3v) is 3.20. The van der Waals surface area contributed by atoms with Crippen LogP contribution in [0, 0.1) is 5.41 Å². The molecule has 0 aliphatic heterocycles. The van der Waals surface area contributed by atoms with Gasteiger partial charge in [0.1, 0.15) is 11.5 Å². The van der Waals surface area contributed by atoms with E-state index in [1.165, 1.54) is 0 Å². The Labute approximate surface area is 116 Å². The third-order valence-electron chi connectivity index (χ3n) is 3.20. The first-order chi connectivity index (χ1) is 8.92. The van der Waals surface area contributed by atoms with Crippen LogP contribution in [0.4, 0.5) is 0 Å². The fraction of sp³-hybridized carbons (Fsp3) is 0.600. The summed E-state index contributed by atoms with van der Waals surface area (Å²) in [5.41, 5.74) is 4.13. The van der Waals surface area contributed by atoms with Crippen LogP contribution < -0.4 is 20.7 Å². The smallest absolute Gasteiger partial charge is 0.127 e. The molecule has 0 saturated heterocycles. The molecule has 0 aliphatic carbocycles. The quantitative estimate of drug-likeness (QED) is 0.614. The summed E-state index contributed by atoms with van der Waals surface area (Å²) in [6, 6.07) is 5.79. The van der Waals surface area contributed by atoms with Crippen LogP contribution in [0.1, 0.15) is 45.2 Å². The van der Waals surface area contributed by atoms with E-state index < -0.39 is 0 Å². The lowest BCUT2D eigenvalue weighted by Crippen LogP contribution is -2.29. The predicted molar refractivity (Wildman–Crippen MR) is 78.3 cm³/mol. The van der Waals surface area contributed by atoms with Crippen LogP contribution in [0.5, 0.6) is 11.5 Å². The zero-order chi connectivity index (χ0) is 14.5. The van der Waals surface area contributed by atoms with Crippen molar-refractivity contribution in [2.24, 2.45) is 11.3 Å². The van der Waals surface area contributed by atoms with Gasteiger partial charge in [0.05, 0.1) is 25.8 Å². The molecule has 0 radical (unpaired) electrons. The maximum absolute atomic E-state index is 5.72. The van der Waals surface area contributed by atoms with Crippen LogP contribution in [-0.2, 0) is 0 Å². The SMILES string of the molecule is COc1cccc(OC)c1C(CCC(C)(C)C)NN. The Bertz CT molecular complexity index is 377. The molecule has 3 N–H and O–H groups in total. The molecule has 0 bridgehead atoms. The molecule has 1 unspecified atom stereocenters. The summed E-state index contributed by atoms with van der Waals surface area (Å²) in [6.45, 7) is 6.67. The van der Waals surface area contributed by atoms with Crippen LogP contribution in [0.25, 0.3) is 0 Å². The van der Waals surface area contributed by atoms with Crippen LogP contribution in [0.2, 0.25) is 0 Å². The van der Waals surface area contributed by atoms with Gasteiger partial charge in [-0.1, -0.05) is 26.8 Å². The lowest BCUT2D eigenvalue weighted by Gasteiger charge is -2.25. The van der Waals surface area contributed by atoms with Gasteiger partial charge in [0.15, 0.2) is 0 Å². The van der Waals surface area contributed by atoms with Crippen molar-refractivity contribution in [1.82, 2.24) is 5.43 Å². The van der Waals surface area contributed by atoms with Crippen molar-refractivity contribution >= 4 is 0 Å². The van der Waals surface area contributed by atoms with E-state index in [0.29, 0.717) is 0 Å². The maximum Gasteiger partial charge on any atom is 0.127 e. The summed E-state index contributed by atoms with van der Waals surface area (Å²) >= 11 is 0. The Kier molecular flexibility index (Phi) is 5.63. The first-order valence-corrected chi connectivity index (χ1v) is 6.60. The highest BCUT2D eigenvalue weighted by Gasteiger charge is 2.22. The van der Waals surface area contributed by atoms with Crippen LogP contribution in [0.3, 0.4) is 0 Å². The summed E-state index contributed by atoms with van der Waals surface area (Å²) < 4.78 is 10.9. The number of methoxy groups -OCH3 is 2. The van der Waals surface area contributed by atoms with Gasteiger partial charge in [-0.3, -0.25) is 11.3 Å². The molecule has 0 aromatic heterocycles. The van der Waals surface area contributed by atoms with Gasteiger partial charge >= 0.3 is 0 Å². The number of nitrogens with two attached hydrogens (primary N) is 1. The average Bonchev–Trinajstić information content (AvgIpc) is 2.38. The minimum Gasteiger partial charge on any atom is -0.496 e. The van der Waals surface area contributed by atoms with Gasteiger partial charge < -0.3 is 9.47 Å². The van der Waals surface area contributed by atoms with E-state index in [1.54, 1.807) is 14.2 Å². The molecule has 0 amide bonds. The molecule has 1 aromatic carbocycles. The first-order valence-electron chi connectivity index (χ1n) is 6.60. The Morgan fingerprint density at radius 2 is 1.68 bits per heavy atom. The lowest BCUT2D eigenvalue weighted by molar-refractivity contribution is 0.319. The van der Waals surface area contributed by atoms with Crippen molar-refractivity contribution in [3.05, 3.63) is 23.8 Å². The number of nitrogens with one attached hydrogen (secondary N) is 1. The normalized spacial score (nSPS) is 13.2. The van der Waals surface area contributed by atoms with E-state index in [1.807, 2.05) is 18.2 Å². The fourth-order valence-electron chi connectivity index (χ4n) is 2.11. The molecule has 4 nitrogen and oxygen atoms in total. The monoisotopic (exact) mass is 266 g/mol. The topological polar surface area (TPSA) is 56.5 Å².